The molecule has 0 radical (unpaired) electrons. The van der Waals surface area contributed by atoms with Crippen LogP contribution in [-0.2, 0) is 9.47 Å². The second-order valence-electron chi connectivity index (χ2n) is 5.62. The number of nitrogens with zero attached hydrogens (tertiary/aromatic N) is 1. The molecule has 1 aromatic rings. The van der Waals surface area contributed by atoms with Crippen molar-refractivity contribution in [1.82, 2.24) is 4.57 Å². The lowest BCUT2D eigenvalue weighted by molar-refractivity contribution is 0.0483. The van der Waals surface area contributed by atoms with Gasteiger partial charge in [0.25, 0.3) is 0 Å². The summed E-state index contributed by atoms with van der Waals surface area (Å²) in [6.45, 7) is 6.29. The molecule has 0 amide bonds. The minimum atomic E-state index is -2.61. The maximum absolute atomic E-state index is 12.8. The normalized spacial score (nSPS) is 13.1. The number of halogens is 2. The van der Waals surface area contributed by atoms with Gasteiger partial charge in [-0.1, -0.05) is 6.92 Å². The molecule has 7 heteroatoms. The number of esters is 1. The number of carbonyl (C=O) groups is 2. The summed E-state index contributed by atoms with van der Waals surface area (Å²) < 4.78 is 36.1. The number of rotatable bonds is 3. The van der Waals surface area contributed by atoms with Crippen LogP contribution in [-0.4, -0.2) is 35.8 Å². The molecule has 1 rings (SSSR count). The van der Waals surface area contributed by atoms with E-state index in [0.29, 0.717) is 0 Å². The summed E-state index contributed by atoms with van der Waals surface area (Å²) >= 11 is 0. The largest absolute Gasteiger partial charge is 0.464 e. The number of hydrogen-bond donors (Lipinski definition) is 0. The van der Waals surface area contributed by atoms with Crippen LogP contribution in [0, 0.1) is 0 Å². The Bertz CT molecular complexity index is 532. The van der Waals surface area contributed by atoms with E-state index in [1.165, 1.54) is 19.2 Å². The van der Waals surface area contributed by atoms with Gasteiger partial charge in [-0.2, -0.15) is 0 Å². The third-order valence-electron chi connectivity index (χ3n) is 2.73. The maximum Gasteiger partial charge on any atom is 0.419 e. The summed E-state index contributed by atoms with van der Waals surface area (Å²) in [6.07, 6.45) is -2.25. The highest BCUT2D eigenvalue weighted by Gasteiger charge is 2.27. The Labute approximate surface area is 121 Å². The van der Waals surface area contributed by atoms with E-state index >= 15 is 0 Å². The van der Waals surface area contributed by atoms with Crippen molar-refractivity contribution in [2.24, 2.45) is 0 Å². The van der Waals surface area contributed by atoms with Crippen LogP contribution >= 0.6 is 0 Å². The van der Waals surface area contributed by atoms with Crippen LogP contribution in [0.1, 0.15) is 49.7 Å². The highest BCUT2D eigenvalue weighted by Crippen LogP contribution is 2.25. The Morgan fingerprint density at radius 2 is 1.86 bits per heavy atom. The molecule has 0 aliphatic heterocycles. The Morgan fingerprint density at radius 1 is 1.29 bits per heavy atom. The van der Waals surface area contributed by atoms with Crippen molar-refractivity contribution in [1.29, 1.82) is 0 Å². The first kappa shape index (κ1) is 17.1. The third kappa shape index (κ3) is 4.27. The molecule has 0 N–H and O–H groups in total. The van der Waals surface area contributed by atoms with Gasteiger partial charge in [0.15, 0.2) is 0 Å². The fraction of sp³-hybridized carbons (Fsp3) is 0.571. The van der Waals surface area contributed by atoms with Gasteiger partial charge in [-0.05, 0) is 32.4 Å². The quantitative estimate of drug-likeness (QED) is 0.803. The van der Waals surface area contributed by atoms with Gasteiger partial charge in [0.2, 0.25) is 6.43 Å². The van der Waals surface area contributed by atoms with Crippen molar-refractivity contribution in [2.75, 3.05) is 7.11 Å². The predicted molar refractivity (Wildman–Crippen MR) is 71.8 cm³/mol. The highest BCUT2D eigenvalue weighted by atomic mass is 19.3. The first-order valence-electron chi connectivity index (χ1n) is 6.39. The summed E-state index contributed by atoms with van der Waals surface area (Å²) in [5.74, 6) is -1.91. The van der Waals surface area contributed by atoms with E-state index in [9.17, 15) is 18.4 Å². The zero-order valence-corrected chi connectivity index (χ0v) is 12.6. The van der Waals surface area contributed by atoms with E-state index < -0.39 is 30.0 Å². The van der Waals surface area contributed by atoms with Crippen LogP contribution in [0.3, 0.4) is 0 Å². The Hall–Kier alpha value is -1.92. The van der Waals surface area contributed by atoms with Crippen LogP contribution in [0.5, 0.6) is 0 Å². The number of methoxy groups -OCH3 is 1. The molecular formula is C14H19F2NO4. The van der Waals surface area contributed by atoms with Gasteiger partial charge in [0.05, 0.1) is 7.11 Å². The summed E-state index contributed by atoms with van der Waals surface area (Å²) in [7, 11) is 1.14. The second-order valence-corrected chi connectivity index (χ2v) is 5.62. The highest BCUT2D eigenvalue weighted by molar-refractivity contribution is 5.92. The minimum Gasteiger partial charge on any atom is -0.464 e. The average molecular weight is 303 g/mol. The van der Waals surface area contributed by atoms with Crippen LogP contribution in [0.15, 0.2) is 12.3 Å². The molecule has 1 heterocycles. The zero-order valence-electron chi connectivity index (χ0n) is 12.6. The van der Waals surface area contributed by atoms with Gasteiger partial charge in [0.1, 0.15) is 11.3 Å². The molecule has 0 bridgehead atoms. The van der Waals surface area contributed by atoms with E-state index in [1.807, 2.05) is 0 Å². The van der Waals surface area contributed by atoms with Crippen LogP contribution < -0.4 is 0 Å². The summed E-state index contributed by atoms with van der Waals surface area (Å²) in [6, 6.07) is 1.21. The minimum absolute atomic E-state index is 0.144. The lowest BCUT2D eigenvalue weighted by atomic mass is 10.1. The number of carbonyl (C=O) groups excluding carboxylic acids is 2. The van der Waals surface area contributed by atoms with E-state index in [1.54, 1.807) is 20.8 Å². The molecule has 1 unspecified atom stereocenters. The van der Waals surface area contributed by atoms with Crippen LogP contribution in [0.2, 0.25) is 0 Å². The number of ether oxygens (including phenoxy) is 2. The molecule has 0 aliphatic carbocycles. The SMILES string of the molecule is COC(=O)c1cc(C(C)C(F)F)cn1C(=O)OC(C)(C)C. The summed E-state index contributed by atoms with van der Waals surface area (Å²) in [4.78, 5) is 23.7. The average Bonchev–Trinajstić information content (AvgIpc) is 2.79. The van der Waals surface area contributed by atoms with Gasteiger partial charge in [0, 0.05) is 12.1 Å². The van der Waals surface area contributed by atoms with Gasteiger partial charge in [-0.3, -0.25) is 0 Å². The topological polar surface area (TPSA) is 57.5 Å². The van der Waals surface area contributed by atoms with Gasteiger partial charge in [-0.15, -0.1) is 0 Å². The fourth-order valence-electron chi connectivity index (χ4n) is 1.60. The molecule has 5 nitrogen and oxygen atoms in total. The van der Waals surface area contributed by atoms with E-state index in [-0.39, 0.29) is 11.3 Å². The van der Waals surface area contributed by atoms with E-state index in [2.05, 4.69) is 4.74 Å². The smallest absolute Gasteiger partial charge is 0.419 e. The van der Waals surface area contributed by atoms with Gasteiger partial charge >= 0.3 is 12.1 Å². The molecule has 0 spiro atoms. The maximum atomic E-state index is 12.8. The Kier molecular flexibility index (Phi) is 5.09. The van der Waals surface area contributed by atoms with Gasteiger partial charge in [-0.25, -0.2) is 22.9 Å². The standard InChI is InChI=1S/C14H19F2NO4/c1-8(11(15)16)9-6-10(12(18)20-5)17(7-9)13(19)21-14(2,3)4/h6-8,11H,1-5H3. The lowest BCUT2D eigenvalue weighted by Gasteiger charge is -2.20. The van der Waals surface area contributed by atoms with E-state index in [0.717, 1.165) is 11.7 Å². The van der Waals surface area contributed by atoms with Crippen molar-refractivity contribution in [3.05, 3.63) is 23.5 Å². The molecule has 1 aromatic heterocycles. The number of alkyl halides is 2. The number of aromatic nitrogens is 1. The molecule has 0 saturated heterocycles. The molecule has 21 heavy (non-hydrogen) atoms. The van der Waals surface area contributed by atoms with Crippen LogP contribution in [0.25, 0.3) is 0 Å². The molecule has 118 valence electrons. The first-order valence-corrected chi connectivity index (χ1v) is 6.39. The third-order valence-corrected chi connectivity index (χ3v) is 2.73. The zero-order chi connectivity index (χ0) is 16.4. The molecule has 0 fully saturated rings. The van der Waals surface area contributed by atoms with Crippen molar-refractivity contribution in [3.8, 4) is 0 Å². The van der Waals surface area contributed by atoms with Crippen molar-refractivity contribution < 1.29 is 27.8 Å². The molecule has 0 saturated carbocycles. The fourth-order valence-corrected chi connectivity index (χ4v) is 1.60. The van der Waals surface area contributed by atoms with Crippen LogP contribution in [0.4, 0.5) is 13.6 Å². The van der Waals surface area contributed by atoms with Crippen molar-refractivity contribution >= 4 is 12.1 Å². The van der Waals surface area contributed by atoms with Crippen molar-refractivity contribution in [3.63, 3.8) is 0 Å². The van der Waals surface area contributed by atoms with Crippen molar-refractivity contribution in [2.45, 2.75) is 45.6 Å². The summed E-state index contributed by atoms with van der Waals surface area (Å²) in [5, 5.41) is 0. The Balaban J connectivity index is 3.22. The molecule has 0 aromatic carbocycles. The lowest BCUT2D eigenvalue weighted by Crippen LogP contribution is -2.28. The monoisotopic (exact) mass is 303 g/mol. The molecule has 1 atom stereocenters. The predicted octanol–water partition coefficient (Wildman–Crippen LogP) is 3.43. The number of hydrogen-bond acceptors (Lipinski definition) is 4. The first-order chi connectivity index (χ1) is 9.56. The summed E-state index contributed by atoms with van der Waals surface area (Å²) in [5.41, 5.74) is -0.756. The Morgan fingerprint density at radius 3 is 2.29 bits per heavy atom. The van der Waals surface area contributed by atoms with Gasteiger partial charge < -0.3 is 9.47 Å². The molecular weight excluding hydrogens is 284 g/mol. The van der Waals surface area contributed by atoms with E-state index in [4.69, 9.17) is 4.74 Å². The second kappa shape index (κ2) is 6.24. The molecule has 0 aliphatic rings.